The van der Waals surface area contributed by atoms with E-state index in [-0.39, 0.29) is 5.97 Å². The molecule has 0 aliphatic carbocycles. The van der Waals surface area contributed by atoms with Crippen LogP contribution in [0.1, 0.15) is 36.3 Å². The summed E-state index contributed by atoms with van der Waals surface area (Å²) in [5.41, 5.74) is 1.44. The number of nitrogens with one attached hydrogen (secondary N) is 1. The first kappa shape index (κ1) is 15.9. The van der Waals surface area contributed by atoms with Crippen molar-refractivity contribution >= 4 is 5.97 Å². The molecule has 1 atom stereocenters. The standard InChI is InChI=1S/C16H25N3O2/c1-12(2)19-7-6-13(11-19)8-17-10-15-5-4-14(9-18-15)16(20)21-3/h4-5,9,12-13,17H,6-8,10-11H2,1-3H3. The maximum absolute atomic E-state index is 11.3. The third-order valence-electron chi connectivity index (χ3n) is 4.03. The van der Waals surface area contributed by atoms with Gasteiger partial charge in [0, 0.05) is 25.3 Å². The van der Waals surface area contributed by atoms with Crippen molar-refractivity contribution in [1.82, 2.24) is 15.2 Å². The van der Waals surface area contributed by atoms with Gasteiger partial charge in [-0.3, -0.25) is 4.98 Å². The molecule has 1 unspecified atom stereocenters. The van der Waals surface area contributed by atoms with Crippen molar-refractivity contribution in [3.63, 3.8) is 0 Å². The predicted octanol–water partition coefficient (Wildman–Crippen LogP) is 1.69. The minimum absolute atomic E-state index is 0.346. The van der Waals surface area contributed by atoms with E-state index in [4.69, 9.17) is 0 Å². The van der Waals surface area contributed by atoms with E-state index in [9.17, 15) is 4.79 Å². The van der Waals surface area contributed by atoms with Crippen molar-refractivity contribution < 1.29 is 9.53 Å². The van der Waals surface area contributed by atoms with Gasteiger partial charge in [-0.15, -0.1) is 0 Å². The number of likely N-dealkylation sites (tertiary alicyclic amines) is 1. The van der Waals surface area contributed by atoms with Gasteiger partial charge in [0.05, 0.1) is 18.4 Å². The molecule has 1 aliphatic heterocycles. The number of carbonyl (C=O) groups excluding carboxylic acids is 1. The van der Waals surface area contributed by atoms with Gasteiger partial charge >= 0.3 is 5.97 Å². The van der Waals surface area contributed by atoms with Gasteiger partial charge in [-0.1, -0.05) is 0 Å². The zero-order valence-electron chi connectivity index (χ0n) is 13.1. The summed E-state index contributed by atoms with van der Waals surface area (Å²) in [6.07, 6.45) is 2.83. The van der Waals surface area contributed by atoms with E-state index in [1.165, 1.54) is 26.6 Å². The van der Waals surface area contributed by atoms with Crippen LogP contribution in [0.3, 0.4) is 0 Å². The molecular weight excluding hydrogens is 266 g/mol. The highest BCUT2D eigenvalue weighted by Gasteiger charge is 2.23. The molecule has 21 heavy (non-hydrogen) atoms. The van der Waals surface area contributed by atoms with Crippen molar-refractivity contribution in [2.45, 2.75) is 32.9 Å². The number of aromatic nitrogens is 1. The molecule has 1 saturated heterocycles. The quantitative estimate of drug-likeness (QED) is 0.808. The van der Waals surface area contributed by atoms with Gasteiger partial charge < -0.3 is 15.0 Å². The molecule has 1 aromatic heterocycles. The van der Waals surface area contributed by atoms with Crippen LogP contribution in [0, 0.1) is 5.92 Å². The minimum atomic E-state index is -0.346. The lowest BCUT2D eigenvalue weighted by atomic mass is 10.1. The summed E-state index contributed by atoms with van der Waals surface area (Å²) >= 11 is 0. The van der Waals surface area contributed by atoms with Gasteiger partial charge in [0.15, 0.2) is 0 Å². The second-order valence-electron chi connectivity index (χ2n) is 5.90. The number of ether oxygens (including phenoxy) is 1. The molecule has 1 aromatic rings. The Bertz CT molecular complexity index is 459. The topological polar surface area (TPSA) is 54.5 Å². The number of carbonyl (C=O) groups is 1. The number of methoxy groups -OCH3 is 1. The van der Waals surface area contributed by atoms with Crippen LogP contribution in [0.5, 0.6) is 0 Å². The van der Waals surface area contributed by atoms with E-state index in [1.54, 1.807) is 12.3 Å². The Morgan fingerprint density at radius 1 is 1.52 bits per heavy atom. The number of nitrogens with zero attached hydrogens (tertiary/aromatic N) is 2. The minimum Gasteiger partial charge on any atom is -0.465 e. The lowest BCUT2D eigenvalue weighted by molar-refractivity contribution is 0.0600. The summed E-state index contributed by atoms with van der Waals surface area (Å²) < 4.78 is 4.65. The fourth-order valence-electron chi connectivity index (χ4n) is 2.67. The molecule has 5 nitrogen and oxygen atoms in total. The zero-order chi connectivity index (χ0) is 15.2. The van der Waals surface area contributed by atoms with E-state index in [1.807, 2.05) is 6.07 Å². The molecule has 0 amide bonds. The number of esters is 1. The first-order valence-corrected chi connectivity index (χ1v) is 7.58. The van der Waals surface area contributed by atoms with Crippen LogP contribution in [0.4, 0.5) is 0 Å². The molecule has 1 fully saturated rings. The van der Waals surface area contributed by atoms with Crippen LogP contribution >= 0.6 is 0 Å². The first-order valence-electron chi connectivity index (χ1n) is 7.58. The number of rotatable bonds is 6. The fraction of sp³-hybridized carbons (Fsp3) is 0.625. The zero-order valence-corrected chi connectivity index (χ0v) is 13.1. The molecule has 1 N–H and O–H groups in total. The number of hydrogen-bond acceptors (Lipinski definition) is 5. The Labute approximate surface area is 126 Å². The molecule has 116 valence electrons. The Hall–Kier alpha value is -1.46. The third kappa shape index (κ3) is 4.51. The molecule has 0 aromatic carbocycles. The SMILES string of the molecule is COC(=O)c1ccc(CNCC2CCN(C(C)C)C2)nc1. The largest absolute Gasteiger partial charge is 0.465 e. The van der Waals surface area contributed by atoms with E-state index in [2.05, 4.69) is 33.8 Å². The summed E-state index contributed by atoms with van der Waals surface area (Å²) in [7, 11) is 1.37. The summed E-state index contributed by atoms with van der Waals surface area (Å²) in [4.78, 5) is 18.1. The third-order valence-corrected chi connectivity index (χ3v) is 4.03. The van der Waals surface area contributed by atoms with Gasteiger partial charge in [0.2, 0.25) is 0 Å². The summed E-state index contributed by atoms with van der Waals surface area (Å²) in [5, 5.41) is 3.46. The van der Waals surface area contributed by atoms with Crippen LogP contribution in [-0.2, 0) is 11.3 Å². The Morgan fingerprint density at radius 3 is 2.90 bits per heavy atom. The average molecular weight is 291 g/mol. The van der Waals surface area contributed by atoms with Crippen molar-refractivity contribution in [3.8, 4) is 0 Å². The molecule has 5 heteroatoms. The predicted molar refractivity (Wildman–Crippen MR) is 82.1 cm³/mol. The lowest BCUT2D eigenvalue weighted by Gasteiger charge is -2.20. The smallest absolute Gasteiger partial charge is 0.339 e. The number of hydrogen-bond donors (Lipinski definition) is 1. The first-order chi connectivity index (χ1) is 10.1. The molecule has 0 spiro atoms. The number of pyridine rings is 1. The van der Waals surface area contributed by atoms with E-state index in [0.29, 0.717) is 11.6 Å². The normalized spacial score (nSPS) is 19.1. The van der Waals surface area contributed by atoms with Crippen LogP contribution in [0.25, 0.3) is 0 Å². The van der Waals surface area contributed by atoms with E-state index in [0.717, 1.165) is 24.7 Å². The van der Waals surface area contributed by atoms with Gasteiger partial charge in [0.25, 0.3) is 0 Å². The summed E-state index contributed by atoms with van der Waals surface area (Å²) in [6, 6.07) is 4.27. The monoisotopic (exact) mass is 291 g/mol. The highest BCUT2D eigenvalue weighted by molar-refractivity contribution is 5.88. The highest BCUT2D eigenvalue weighted by Crippen LogP contribution is 2.17. The second kappa shape index (κ2) is 7.52. The van der Waals surface area contributed by atoms with Crippen LogP contribution in [-0.4, -0.2) is 48.6 Å². The van der Waals surface area contributed by atoms with Crippen molar-refractivity contribution in [1.29, 1.82) is 0 Å². The lowest BCUT2D eigenvalue weighted by Crippen LogP contribution is -2.30. The molecular formula is C16H25N3O2. The summed E-state index contributed by atoms with van der Waals surface area (Å²) in [5.74, 6) is 0.378. The highest BCUT2D eigenvalue weighted by atomic mass is 16.5. The van der Waals surface area contributed by atoms with E-state index >= 15 is 0 Å². The van der Waals surface area contributed by atoms with Crippen LogP contribution < -0.4 is 5.32 Å². The summed E-state index contributed by atoms with van der Waals surface area (Å²) in [6.45, 7) is 8.64. The van der Waals surface area contributed by atoms with Crippen molar-refractivity contribution in [2.75, 3.05) is 26.7 Å². The Kier molecular flexibility index (Phi) is 5.70. The Morgan fingerprint density at radius 2 is 2.33 bits per heavy atom. The molecule has 0 saturated carbocycles. The van der Waals surface area contributed by atoms with Gasteiger partial charge in [0.1, 0.15) is 0 Å². The van der Waals surface area contributed by atoms with Crippen molar-refractivity contribution in [3.05, 3.63) is 29.6 Å². The molecule has 0 radical (unpaired) electrons. The average Bonchev–Trinajstić information content (AvgIpc) is 2.96. The maximum Gasteiger partial charge on any atom is 0.339 e. The van der Waals surface area contributed by atoms with Crippen LogP contribution in [0.15, 0.2) is 18.3 Å². The Balaban J connectivity index is 1.73. The molecule has 2 heterocycles. The van der Waals surface area contributed by atoms with Gasteiger partial charge in [-0.2, -0.15) is 0 Å². The van der Waals surface area contributed by atoms with Gasteiger partial charge in [-0.25, -0.2) is 4.79 Å². The fourth-order valence-corrected chi connectivity index (χ4v) is 2.67. The second-order valence-corrected chi connectivity index (χ2v) is 5.90. The van der Waals surface area contributed by atoms with Crippen molar-refractivity contribution in [2.24, 2.45) is 5.92 Å². The van der Waals surface area contributed by atoms with E-state index < -0.39 is 0 Å². The molecule has 1 aliphatic rings. The van der Waals surface area contributed by atoms with Gasteiger partial charge in [-0.05, 0) is 51.4 Å². The molecule has 2 rings (SSSR count). The maximum atomic E-state index is 11.3. The molecule has 0 bridgehead atoms. The van der Waals surface area contributed by atoms with Crippen LogP contribution in [0.2, 0.25) is 0 Å².